The number of hydrogen-bond acceptors (Lipinski definition) is 2. The van der Waals surface area contributed by atoms with Gasteiger partial charge in [-0.25, -0.2) is 4.79 Å². The molecule has 3 amide bonds. The molecular weight excluding hydrogens is 146 g/mol. The predicted molar refractivity (Wildman–Crippen MR) is 40.6 cm³/mol. The van der Waals surface area contributed by atoms with Gasteiger partial charge in [0.15, 0.2) is 0 Å². The highest BCUT2D eigenvalue weighted by Crippen LogP contribution is 1.95. The van der Waals surface area contributed by atoms with E-state index in [1.807, 2.05) is 0 Å². The maximum atomic E-state index is 10.6. The van der Waals surface area contributed by atoms with E-state index < -0.39 is 11.9 Å². The topological polar surface area (TPSA) is 89.4 Å². The SMILES string of the molecule is CC(C)N(CC(N)=O)C(N)=O. The summed E-state index contributed by atoms with van der Waals surface area (Å²) >= 11 is 0. The van der Waals surface area contributed by atoms with Crippen molar-refractivity contribution in [3.05, 3.63) is 0 Å². The Morgan fingerprint density at radius 1 is 1.36 bits per heavy atom. The van der Waals surface area contributed by atoms with Crippen LogP contribution in [0.1, 0.15) is 13.8 Å². The van der Waals surface area contributed by atoms with Crippen molar-refractivity contribution in [1.82, 2.24) is 4.90 Å². The number of nitrogens with zero attached hydrogens (tertiary/aromatic N) is 1. The number of hydrogen-bond donors (Lipinski definition) is 2. The fraction of sp³-hybridized carbons (Fsp3) is 0.667. The maximum absolute atomic E-state index is 10.6. The third-order valence-corrected chi connectivity index (χ3v) is 1.23. The molecule has 0 aromatic rings. The van der Waals surface area contributed by atoms with Crippen molar-refractivity contribution in [2.75, 3.05) is 6.54 Å². The van der Waals surface area contributed by atoms with Crippen LogP contribution >= 0.6 is 0 Å². The molecule has 11 heavy (non-hydrogen) atoms. The maximum Gasteiger partial charge on any atom is 0.315 e. The van der Waals surface area contributed by atoms with E-state index in [2.05, 4.69) is 0 Å². The number of amides is 3. The van der Waals surface area contributed by atoms with Crippen LogP contribution < -0.4 is 11.5 Å². The van der Waals surface area contributed by atoms with Gasteiger partial charge in [-0.3, -0.25) is 4.79 Å². The monoisotopic (exact) mass is 159 g/mol. The van der Waals surface area contributed by atoms with Gasteiger partial charge in [0.25, 0.3) is 0 Å². The normalized spacial score (nSPS) is 9.73. The van der Waals surface area contributed by atoms with E-state index in [1.165, 1.54) is 4.90 Å². The van der Waals surface area contributed by atoms with Crippen LogP contribution in [-0.4, -0.2) is 29.4 Å². The molecule has 0 saturated heterocycles. The van der Waals surface area contributed by atoms with Crippen LogP contribution in [0.2, 0.25) is 0 Å². The van der Waals surface area contributed by atoms with Crippen molar-refractivity contribution in [2.24, 2.45) is 11.5 Å². The molecule has 0 atom stereocenters. The van der Waals surface area contributed by atoms with Crippen LogP contribution in [0.4, 0.5) is 4.79 Å². The average molecular weight is 159 g/mol. The van der Waals surface area contributed by atoms with Crippen molar-refractivity contribution in [3.8, 4) is 0 Å². The van der Waals surface area contributed by atoms with E-state index in [0.29, 0.717) is 0 Å². The lowest BCUT2D eigenvalue weighted by Crippen LogP contribution is -2.45. The Balaban J connectivity index is 4.12. The Morgan fingerprint density at radius 3 is 1.91 bits per heavy atom. The molecule has 0 aliphatic carbocycles. The van der Waals surface area contributed by atoms with Gasteiger partial charge in [0, 0.05) is 6.04 Å². The lowest BCUT2D eigenvalue weighted by atomic mass is 10.3. The van der Waals surface area contributed by atoms with Gasteiger partial charge in [0.1, 0.15) is 6.54 Å². The van der Waals surface area contributed by atoms with Crippen LogP contribution in [0.3, 0.4) is 0 Å². The second-order valence-corrected chi connectivity index (χ2v) is 2.53. The van der Waals surface area contributed by atoms with Crippen LogP contribution in [-0.2, 0) is 4.79 Å². The van der Waals surface area contributed by atoms with Gasteiger partial charge in [-0.05, 0) is 13.8 Å². The molecule has 0 aromatic carbocycles. The quantitative estimate of drug-likeness (QED) is 0.568. The third kappa shape index (κ3) is 3.44. The van der Waals surface area contributed by atoms with Crippen LogP contribution in [0, 0.1) is 0 Å². The Labute approximate surface area is 65.3 Å². The first-order valence-corrected chi connectivity index (χ1v) is 3.29. The molecule has 5 nitrogen and oxygen atoms in total. The molecule has 0 aliphatic rings. The van der Waals surface area contributed by atoms with Crippen molar-refractivity contribution in [3.63, 3.8) is 0 Å². The molecule has 0 saturated carbocycles. The highest BCUT2D eigenvalue weighted by Gasteiger charge is 2.14. The summed E-state index contributed by atoms with van der Waals surface area (Å²) < 4.78 is 0. The van der Waals surface area contributed by atoms with Gasteiger partial charge in [0.2, 0.25) is 5.91 Å². The number of rotatable bonds is 3. The standard InChI is InChI=1S/C6H13N3O2/c1-4(2)9(6(8)11)3-5(7)10/h4H,3H2,1-2H3,(H2,7,10)(H2,8,11). The summed E-state index contributed by atoms with van der Waals surface area (Å²) in [4.78, 5) is 22.2. The van der Waals surface area contributed by atoms with Crippen molar-refractivity contribution < 1.29 is 9.59 Å². The van der Waals surface area contributed by atoms with E-state index in [1.54, 1.807) is 13.8 Å². The molecule has 0 aromatic heterocycles. The molecule has 5 heteroatoms. The second-order valence-electron chi connectivity index (χ2n) is 2.53. The number of primary amides is 2. The molecule has 0 aliphatic heterocycles. The van der Waals surface area contributed by atoms with E-state index >= 15 is 0 Å². The minimum atomic E-state index is -0.626. The minimum Gasteiger partial charge on any atom is -0.368 e. The fourth-order valence-electron chi connectivity index (χ4n) is 0.683. The highest BCUT2D eigenvalue weighted by atomic mass is 16.2. The van der Waals surface area contributed by atoms with E-state index in [9.17, 15) is 9.59 Å². The Morgan fingerprint density at radius 2 is 1.82 bits per heavy atom. The summed E-state index contributed by atoms with van der Waals surface area (Å²) in [5, 5.41) is 0. The largest absolute Gasteiger partial charge is 0.368 e. The predicted octanol–water partition coefficient (Wildman–Crippen LogP) is -0.739. The highest BCUT2D eigenvalue weighted by molar-refractivity contribution is 5.82. The first-order valence-electron chi connectivity index (χ1n) is 3.29. The summed E-state index contributed by atoms with van der Waals surface area (Å²) in [6, 6.07) is -0.723. The molecular formula is C6H13N3O2. The summed E-state index contributed by atoms with van der Waals surface area (Å²) in [6.07, 6.45) is 0. The molecule has 0 spiro atoms. The summed E-state index contributed by atoms with van der Waals surface area (Å²) in [5.41, 5.74) is 9.85. The molecule has 0 rings (SSSR count). The number of carbonyl (C=O) groups is 2. The third-order valence-electron chi connectivity index (χ3n) is 1.23. The molecule has 64 valence electrons. The van der Waals surface area contributed by atoms with Crippen LogP contribution in [0.15, 0.2) is 0 Å². The molecule has 0 heterocycles. The van der Waals surface area contributed by atoms with Gasteiger partial charge >= 0.3 is 6.03 Å². The lowest BCUT2D eigenvalue weighted by Gasteiger charge is -2.22. The van der Waals surface area contributed by atoms with Crippen molar-refractivity contribution >= 4 is 11.9 Å². The van der Waals surface area contributed by atoms with Crippen LogP contribution in [0.25, 0.3) is 0 Å². The lowest BCUT2D eigenvalue weighted by molar-refractivity contribution is -0.118. The number of nitrogens with two attached hydrogens (primary N) is 2. The fourth-order valence-corrected chi connectivity index (χ4v) is 0.683. The van der Waals surface area contributed by atoms with E-state index in [4.69, 9.17) is 11.5 Å². The zero-order valence-electron chi connectivity index (χ0n) is 6.70. The summed E-state index contributed by atoms with van der Waals surface area (Å²) in [6.45, 7) is 3.40. The molecule has 4 N–H and O–H groups in total. The number of urea groups is 1. The summed E-state index contributed by atoms with van der Waals surface area (Å²) in [5.74, 6) is -0.558. The molecule has 0 fully saturated rings. The van der Waals surface area contributed by atoms with Crippen molar-refractivity contribution in [2.45, 2.75) is 19.9 Å². The zero-order chi connectivity index (χ0) is 9.02. The second kappa shape index (κ2) is 3.80. The molecule has 0 radical (unpaired) electrons. The Kier molecular flexibility index (Phi) is 3.36. The first kappa shape index (κ1) is 9.74. The minimum absolute atomic E-state index is 0.0972. The molecule has 0 unspecified atom stereocenters. The van der Waals surface area contributed by atoms with Gasteiger partial charge in [-0.1, -0.05) is 0 Å². The first-order chi connectivity index (χ1) is 4.95. The smallest absolute Gasteiger partial charge is 0.315 e. The van der Waals surface area contributed by atoms with Crippen LogP contribution in [0.5, 0.6) is 0 Å². The Bertz CT molecular complexity index is 167. The number of carbonyl (C=O) groups excluding carboxylic acids is 2. The van der Waals surface area contributed by atoms with Crippen molar-refractivity contribution in [1.29, 1.82) is 0 Å². The van der Waals surface area contributed by atoms with E-state index in [0.717, 1.165) is 0 Å². The van der Waals surface area contributed by atoms with Gasteiger partial charge in [-0.15, -0.1) is 0 Å². The van der Waals surface area contributed by atoms with Gasteiger partial charge in [-0.2, -0.15) is 0 Å². The summed E-state index contributed by atoms with van der Waals surface area (Å²) in [7, 11) is 0. The van der Waals surface area contributed by atoms with E-state index in [-0.39, 0.29) is 12.6 Å². The van der Waals surface area contributed by atoms with Gasteiger partial charge < -0.3 is 16.4 Å². The molecule has 0 bridgehead atoms. The zero-order valence-corrected chi connectivity index (χ0v) is 6.70. The Hall–Kier alpha value is -1.26. The van der Waals surface area contributed by atoms with Gasteiger partial charge in [0.05, 0.1) is 0 Å². The average Bonchev–Trinajstić information content (AvgIpc) is 1.81.